The van der Waals surface area contributed by atoms with Gasteiger partial charge >= 0.3 is 0 Å². The van der Waals surface area contributed by atoms with Crippen molar-refractivity contribution in [3.8, 4) is 0 Å². The zero-order chi connectivity index (χ0) is 12.7. The zero-order valence-electron chi connectivity index (χ0n) is 10.1. The van der Waals surface area contributed by atoms with E-state index in [2.05, 4.69) is 38.5 Å². The fourth-order valence-corrected chi connectivity index (χ4v) is 1.88. The van der Waals surface area contributed by atoms with Gasteiger partial charge in [0.2, 0.25) is 0 Å². The largest absolute Gasteiger partial charge is 0.356 e. The highest BCUT2D eigenvalue weighted by molar-refractivity contribution is 9.10. The van der Waals surface area contributed by atoms with Crippen LogP contribution in [0.1, 0.15) is 18.9 Å². The fraction of sp³-hybridized carbons (Fsp3) is 0.417. The van der Waals surface area contributed by atoms with Crippen molar-refractivity contribution in [2.75, 3.05) is 13.6 Å². The molecule has 0 aliphatic rings. The summed E-state index contributed by atoms with van der Waals surface area (Å²) in [7, 11) is 1.71. The van der Waals surface area contributed by atoms with Crippen molar-refractivity contribution in [2.24, 2.45) is 4.99 Å². The van der Waals surface area contributed by atoms with Crippen LogP contribution in [-0.4, -0.2) is 19.6 Å². The van der Waals surface area contributed by atoms with Gasteiger partial charge in [-0.2, -0.15) is 0 Å². The SMILES string of the molecule is CCCNC(=NC)NCc1cc(F)cc(Br)c1. The molecule has 0 atom stereocenters. The van der Waals surface area contributed by atoms with Crippen LogP contribution in [0.5, 0.6) is 0 Å². The van der Waals surface area contributed by atoms with Gasteiger partial charge in [-0.1, -0.05) is 22.9 Å². The van der Waals surface area contributed by atoms with Gasteiger partial charge in [0.05, 0.1) is 0 Å². The van der Waals surface area contributed by atoms with Crippen LogP contribution in [0.25, 0.3) is 0 Å². The fourth-order valence-electron chi connectivity index (χ4n) is 1.36. The Kier molecular flexibility index (Phi) is 5.97. The monoisotopic (exact) mass is 301 g/mol. The summed E-state index contributed by atoms with van der Waals surface area (Å²) in [6.45, 7) is 3.50. The molecule has 1 aromatic rings. The van der Waals surface area contributed by atoms with Crippen molar-refractivity contribution >= 4 is 21.9 Å². The Morgan fingerprint density at radius 1 is 1.35 bits per heavy atom. The minimum Gasteiger partial charge on any atom is -0.356 e. The van der Waals surface area contributed by atoms with Crippen LogP contribution in [0.2, 0.25) is 0 Å². The molecule has 0 fully saturated rings. The van der Waals surface area contributed by atoms with Crippen LogP contribution >= 0.6 is 15.9 Å². The molecule has 94 valence electrons. The second-order valence-corrected chi connectivity index (χ2v) is 4.55. The van der Waals surface area contributed by atoms with Crippen molar-refractivity contribution in [1.29, 1.82) is 0 Å². The first-order valence-electron chi connectivity index (χ1n) is 5.55. The predicted octanol–water partition coefficient (Wildman–Crippen LogP) is 2.66. The van der Waals surface area contributed by atoms with E-state index in [1.807, 2.05) is 6.07 Å². The standard InChI is InChI=1S/C12H17BrFN3/c1-3-4-16-12(15-2)17-8-9-5-10(13)7-11(14)6-9/h5-7H,3-4,8H2,1-2H3,(H2,15,16,17). The number of hydrogen-bond acceptors (Lipinski definition) is 1. The molecular weight excluding hydrogens is 285 g/mol. The van der Waals surface area contributed by atoms with Crippen molar-refractivity contribution < 1.29 is 4.39 Å². The van der Waals surface area contributed by atoms with Crippen LogP contribution < -0.4 is 10.6 Å². The Bertz CT molecular complexity index is 373. The van der Waals surface area contributed by atoms with Crippen molar-refractivity contribution in [3.05, 3.63) is 34.1 Å². The number of halogens is 2. The minimum atomic E-state index is -0.243. The second kappa shape index (κ2) is 7.27. The van der Waals surface area contributed by atoms with E-state index in [0.717, 1.165) is 29.0 Å². The topological polar surface area (TPSA) is 36.4 Å². The summed E-state index contributed by atoms with van der Waals surface area (Å²) in [5, 5.41) is 6.28. The molecule has 0 radical (unpaired) electrons. The van der Waals surface area contributed by atoms with Gasteiger partial charge in [-0.15, -0.1) is 0 Å². The third kappa shape index (κ3) is 5.17. The van der Waals surface area contributed by atoms with E-state index in [4.69, 9.17) is 0 Å². The third-order valence-electron chi connectivity index (χ3n) is 2.15. The molecule has 17 heavy (non-hydrogen) atoms. The average Bonchev–Trinajstić information content (AvgIpc) is 2.28. The smallest absolute Gasteiger partial charge is 0.191 e. The normalized spacial score (nSPS) is 11.4. The molecule has 0 bridgehead atoms. The molecular formula is C12H17BrFN3. The first-order chi connectivity index (χ1) is 8.15. The number of nitrogens with one attached hydrogen (secondary N) is 2. The van der Waals surface area contributed by atoms with Crippen molar-refractivity contribution in [3.63, 3.8) is 0 Å². The summed E-state index contributed by atoms with van der Waals surface area (Å²) < 4.78 is 13.9. The van der Waals surface area contributed by atoms with Gasteiger partial charge in [0.25, 0.3) is 0 Å². The molecule has 1 rings (SSSR count). The quantitative estimate of drug-likeness (QED) is 0.663. The van der Waals surface area contributed by atoms with Gasteiger partial charge in [-0.05, 0) is 30.2 Å². The summed E-state index contributed by atoms with van der Waals surface area (Å²) in [6, 6.07) is 4.82. The summed E-state index contributed by atoms with van der Waals surface area (Å²) in [5.74, 6) is 0.486. The van der Waals surface area contributed by atoms with Gasteiger partial charge in [0, 0.05) is 24.6 Å². The first kappa shape index (κ1) is 14.0. The Balaban J connectivity index is 2.54. The lowest BCUT2D eigenvalue weighted by Gasteiger charge is -2.11. The first-order valence-corrected chi connectivity index (χ1v) is 6.34. The molecule has 5 heteroatoms. The Hall–Kier alpha value is -1.10. The van der Waals surface area contributed by atoms with Crippen LogP contribution in [0.15, 0.2) is 27.7 Å². The van der Waals surface area contributed by atoms with Crippen LogP contribution in [0.4, 0.5) is 4.39 Å². The maximum Gasteiger partial charge on any atom is 0.191 e. The van der Waals surface area contributed by atoms with Crippen molar-refractivity contribution in [1.82, 2.24) is 10.6 Å². The molecule has 0 unspecified atom stereocenters. The van der Waals surface area contributed by atoms with Gasteiger partial charge in [0.1, 0.15) is 5.82 Å². The Morgan fingerprint density at radius 2 is 2.12 bits per heavy atom. The molecule has 0 aliphatic heterocycles. The number of aliphatic imine (C=N–C) groups is 1. The summed E-state index contributed by atoms with van der Waals surface area (Å²) in [5.41, 5.74) is 0.872. The molecule has 1 aromatic carbocycles. The van der Waals surface area contributed by atoms with Crippen LogP contribution in [0.3, 0.4) is 0 Å². The van der Waals surface area contributed by atoms with Crippen LogP contribution in [0, 0.1) is 5.82 Å². The number of hydrogen-bond donors (Lipinski definition) is 2. The molecule has 2 N–H and O–H groups in total. The molecule has 0 aliphatic carbocycles. The highest BCUT2D eigenvalue weighted by atomic mass is 79.9. The summed E-state index contributed by atoms with van der Waals surface area (Å²) in [4.78, 5) is 4.07. The summed E-state index contributed by atoms with van der Waals surface area (Å²) in [6.07, 6.45) is 1.03. The van der Waals surface area contributed by atoms with E-state index in [1.165, 1.54) is 12.1 Å². The molecule has 0 saturated carbocycles. The molecule has 0 spiro atoms. The van der Waals surface area contributed by atoms with Gasteiger partial charge in [-0.25, -0.2) is 4.39 Å². The van der Waals surface area contributed by atoms with E-state index in [1.54, 1.807) is 7.05 Å². The second-order valence-electron chi connectivity index (χ2n) is 3.63. The average molecular weight is 302 g/mol. The highest BCUT2D eigenvalue weighted by Gasteiger charge is 2.00. The van der Waals surface area contributed by atoms with Gasteiger partial charge < -0.3 is 10.6 Å². The maximum atomic E-state index is 13.1. The number of guanidine groups is 1. The van der Waals surface area contributed by atoms with E-state index in [0.29, 0.717) is 6.54 Å². The molecule has 0 aromatic heterocycles. The lowest BCUT2D eigenvalue weighted by molar-refractivity contribution is 0.623. The maximum absolute atomic E-state index is 13.1. The van der Waals surface area contributed by atoms with Gasteiger partial charge in [0.15, 0.2) is 5.96 Å². The molecule has 0 heterocycles. The number of benzene rings is 1. The van der Waals surface area contributed by atoms with E-state index >= 15 is 0 Å². The summed E-state index contributed by atoms with van der Waals surface area (Å²) >= 11 is 3.27. The minimum absolute atomic E-state index is 0.243. The number of nitrogens with zero attached hydrogens (tertiary/aromatic N) is 1. The molecule has 0 saturated heterocycles. The zero-order valence-corrected chi connectivity index (χ0v) is 11.6. The predicted molar refractivity (Wildman–Crippen MR) is 72.6 cm³/mol. The van der Waals surface area contributed by atoms with Crippen LogP contribution in [-0.2, 0) is 6.54 Å². The van der Waals surface area contributed by atoms with Gasteiger partial charge in [-0.3, -0.25) is 4.99 Å². The van der Waals surface area contributed by atoms with E-state index in [-0.39, 0.29) is 5.82 Å². The molecule has 0 amide bonds. The Morgan fingerprint density at radius 3 is 2.71 bits per heavy atom. The van der Waals surface area contributed by atoms with E-state index < -0.39 is 0 Å². The lowest BCUT2D eigenvalue weighted by atomic mass is 10.2. The van der Waals surface area contributed by atoms with Crippen molar-refractivity contribution in [2.45, 2.75) is 19.9 Å². The Labute approximate surface area is 110 Å². The van der Waals surface area contributed by atoms with E-state index in [9.17, 15) is 4.39 Å². The third-order valence-corrected chi connectivity index (χ3v) is 2.61. The highest BCUT2D eigenvalue weighted by Crippen LogP contribution is 2.14. The number of rotatable bonds is 4. The lowest BCUT2D eigenvalue weighted by Crippen LogP contribution is -2.37. The molecule has 3 nitrogen and oxygen atoms in total.